The summed E-state index contributed by atoms with van der Waals surface area (Å²) >= 11 is 0. The molecule has 6 heteroatoms. The lowest BCUT2D eigenvalue weighted by molar-refractivity contribution is 0.315. The highest BCUT2D eigenvalue weighted by Crippen LogP contribution is 2.40. The van der Waals surface area contributed by atoms with E-state index in [2.05, 4.69) is 11.2 Å². The first-order valence-electron chi connectivity index (χ1n) is 9.46. The van der Waals surface area contributed by atoms with Gasteiger partial charge in [0.2, 0.25) is 10.0 Å². The molecular weight excluding hydrogens is 372 g/mol. The molecule has 0 spiro atoms. The predicted molar refractivity (Wildman–Crippen MR) is 107 cm³/mol. The maximum Gasteiger partial charge on any atom is 0.249 e. The van der Waals surface area contributed by atoms with Gasteiger partial charge in [-0.1, -0.05) is 59.3 Å². The summed E-state index contributed by atoms with van der Waals surface area (Å²) in [4.78, 5) is 0.184. The summed E-state index contributed by atoms with van der Waals surface area (Å²) in [7, 11) is -3.78. The van der Waals surface area contributed by atoms with Crippen molar-refractivity contribution in [3.8, 4) is 0 Å². The first kappa shape index (κ1) is 18.9. The van der Waals surface area contributed by atoms with Gasteiger partial charge in [-0.25, -0.2) is 8.42 Å². The minimum Gasteiger partial charge on any atom is -0.360 e. The molecular formula is C22H24N2O3S. The molecule has 0 saturated heterocycles. The van der Waals surface area contributed by atoms with Crippen molar-refractivity contribution in [1.29, 1.82) is 0 Å². The van der Waals surface area contributed by atoms with Crippen molar-refractivity contribution in [2.75, 3.05) is 0 Å². The van der Waals surface area contributed by atoms with Crippen LogP contribution >= 0.6 is 0 Å². The maximum absolute atomic E-state index is 13.7. The van der Waals surface area contributed by atoms with E-state index in [1.165, 1.54) is 5.56 Å². The lowest BCUT2D eigenvalue weighted by atomic mass is 10.1. The smallest absolute Gasteiger partial charge is 0.249 e. The molecule has 0 radical (unpaired) electrons. The van der Waals surface area contributed by atoms with E-state index in [1.807, 2.05) is 49.4 Å². The van der Waals surface area contributed by atoms with Crippen molar-refractivity contribution in [3.05, 3.63) is 82.2 Å². The molecule has 0 fully saturated rings. The second-order valence-corrected chi connectivity index (χ2v) is 9.27. The standard InChI is InChI=1S/C22H24N2O3S/c1-15-8-10-18(11-9-15)14-24(21-13-12-19-6-4-5-7-20(19)21)28(25,26)22-16(2)23-27-17(22)3/h4-11,21H,12-14H2,1-3H3. The third-order valence-corrected chi connectivity index (χ3v) is 7.54. The molecule has 146 valence electrons. The number of fused-ring (bicyclic) bond motifs is 1. The monoisotopic (exact) mass is 396 g/mol. The highest BCUT2D eigenvalue weighted by molar-refractivity contribution is 7.89. The Hall–Kier alpha value is -2.44. The molecule has 1 heterocycles. The zero-order valence-corrected chi connectivity index (χ0v) is 17.2. The van der Waals surface area contributed by atoms with Gasteiger partial charge < -0.3 is 4.52 Å². The fourth-order valence-corrected chi connectivity index (χ4v) is 5.95. The maximum atomic E-state index is 13.7. The molecule has 0 amide bonds. The van der Waals surface area contributed by atoms with Crippen LogP contribution < -0.4 is 0 Å². The SMILES string of the molecule is Cc1ccc(CN(C2CCc3ccccc32)S(=O)(=O)c2c(C)noc2C)cc1. The Morgan fingerprint density at radius 3 is 2.46 bits per heavy atom. The number of aromatic nitrogens is 1. The Bertz CT molecular complexity index is 1080. The van der Waals surface area contributed by atoms with Crippen LogP contribution in [-0.2, 0) is 23.0 Å². The molecule has 1 aliphatic rings. The molecule has 0 saturated carbocycles. The third kappa shape index (κ3) is 3.27. The molecule has 0 aliphatic heterocycles. The number of aryl methyl sites for hydroxylation is 4. The summed E-state index contributed by atoms with van der Waals surface area (Å²) in [5.41, 5.74) is 4.82. The largest absolute Gasteiger partial charge is 0.360 e. The molecule has 1 aromatic heterocycles. The van der Waals surface area contributed by atoms with Crippen LogP contribution in [0, 0.1) is 20.8 Å². The van der Waals surface area contributed by atoms with Crippen LogP contribution in [0.5, 0.6) is 0 Å². The predicted octanol–water partition coefficient (Wildman–Crippen LogP) is 4.48. The van der Waals surface area contributed by atoms with Gasteiger partial charge >= 0.3 is 0 Å². The average Bonchev–Trinajstić information content (AvgIpc) is 3.24. The van der Waals surface area contributed by atoms with Gasteiger partial charge in [0, 0.05) is 6.54 Å². The summed E-state index contributed by atoms with van der Waals surface area (Å²) in [6, 6.07) is 15.9. The number of nitrogens with zero attached hydrogens (tertiary/aromatic N) is 2. The van der Waals surface area contributed by atoms with Crippen LogP contribution in [-0.4, -0.2) is 17.9 Å². The Labute approximate surface area is 166 Å². The van der Waals surface area contributed by atoms with E-state index in [9.17, 15) is 8.42 Å². The van der Waals surface area contributed by atoms with E-state index in [1.54, 1.807) is 18.2 Å². The number of benzene rings is 2. The van der Waals surface area contributed by atoms with Crippen LogP contribution in [0.4, 0.5) is 0 Å². The fourth-order valence-electron chi connectivity index (χ4n) is 4.03. The van der Waals surface area contributed by atoms with Crippen molar-refractivity contribution < 1.29 is 12.9 Å². The minimum atomic E-state index is -3.78. The van der Waals surface area contributed by atoms with E-state index >= 15 is 0 Å². The molecule has 3 aromatic rings. The van der Waals surface area contributed by atoms with Gasteiger partial charge in [0.15, 0.2) is 5.76 Å². The minimum absolute atomic E-state index is 0.184. The van der Waals surface area contributed by atoms with Gasteiger partial charge in [-0.2, -0.15) is 4.31 Å². The summed E-state index contributed by atoms with van der Waals surface area (Å²) in [5, 5.41) is 3.87. The second-order valence-electron chi connectivity index (χ2n) is 7.44. The first-order valence-corrected chi connectivity index (χ1v) is 10.9. The quantitative estimate of drug-likeness (QED) is 0.638. The van der Waals surface area contributed by atoms with Crippen LogP contribution in [0.1, 0.15) is 46.2 Å². The normalized spacial score (nSPS) is 16.5. The molecule has 2 aromatic carbocycles. The third-order valence-electron chi connectivity index (χ3n) is 5.44. The van der Waals surface area contributed by atoms with Gasteiger partial charge in [-0.05, 0) is 50.3 Å². The number of hydrogen-bond donors (Lipinski definition) is 0. The molecule has 1 unspecified atom stereocenters. The van der Waals surface area contributed by atoms with Gasteiger partial charge in [-0.3, -0.25) is 0 Å². The van der Waals surface area contributed by atoms with Gasteiger partial charge in [0.1, 0.15) is 10.6 Å². The first-order chi connectivity index (χ1) is 13.4. The zero-order chi connectivity index (χ0) is 19.9. The average molecular weight is 397 g/mol. The van der Waals surface area contributed by atoms with Gasteiger partial charge in [0.25, 0.3) is 0 Å². The molecule has 1 aliphatic carbocycles. The molecule has 0 N–H and O–H groups in total. The van der Waals surface area contributed by atoms with E-state index in [0.29, 0.717) is 18.0 Å². The highest BCUT2D eigenvalue weighted by Gasteiger charge is 2.39. The van der Waals surface area contributed by atoms with Crippen molar-refractivity contribution in [2.45, 2.75) is 51.1 Å². The van der Waals surface area contributed by atoms with Crippen LogP contribution in [0.15, 0.2) is 57.9 Å². The number of rotatable bonds is 5. The zero-order valence-electron chi connectivity index (χ0n) is 16.3. The van der Waals surface area contributed by atoms with E-state index in [4.69, 9.17) is 4.52 Å². The van der Waals surface area contributed by atoms with Crippen molar-refractivity contribution >= 4 is 10.0 Å². The molecule has 1 atom stereocenters. The molecule has 5 nitrogen and oxygen atoms in total. The van der Waals surface area contributed by atoms with Crippen molar-refractivity contribution in [3.63, 3.8) is 0 Å². The summed E-state index contributed by atoms with van der Waals surface area (Å²) in [5.74, 6) is 0.331. The Balaban J connectivity index is 1.81. The van der Waals surface area contributed by atoms with Crippen molar-refractivity contribution in [2.24, 2.45) is 0 Å². The Morgan fingerprint density at radius 1 is 1.07 bits per heavy atom. The van der Waals surface area contributed by atoms with E-state index < -0.39 is 10.0 Å². The Kier molecular flexibility index (Phi) is 4.85. The number of hydrogen-bond acceptors (Lipinski definition) is 4. The van der Waals surface area contributed by atoms with Crippen LogP contribution in [0.2, 0.25) is 0 Å². The summed E-state index contributed by atoms with van der Waals surface area (Å²) in [6.45, 7) is 5.66. The number of sulfonamides is 1. The van der Waals surface area contributed by atoms with E-state index in [0.717, 1.165) is 29.5 Å². The fraction of sp³-hybridized carbons (Fsp3) is 0.318. The van der Waals surface area contributed by atoms with Crippen molar-refractivity contribution in [1.82, 2.24) is 9.46 Å². The van der Waals surface area contributed by atoms with Gasteiger partial charge in [0.05, 0.1) is 6.04 Å². The van der Waals surface area contributed by atoms with Crippen LogP contribution in [0.25, 0.3) is 0 Å². The summed E-state index contributed by atoms with van der Waals surface area (Å²) in [6.07, 6.45) is 1.65. The molecule has 0 bridgehead atoms. The van der Waals surface area contributed by atoms with Gasteiger partial charge in [-0.15, -0.1) is 0 Å². The highest BCUT2D eigenvalue weighted by atomic mass is 32.2. The second kappa shape index (κ2) is 7.18. The van der Waals surface area contributed by atoms with E-state index in [-0.39, 0.29) is 10.9 Å². The lowest BCUT2D eigenvalue weighted by Crippen LogP contribution is -2.34. The topological polar surface area (TPSA) is 63.4 Å². The summed E-state index contributed by atoms with van der Waals surface area (Å²) < 4.78 is 34.3. The molecule has 4 rings (SSSR count). The van der Waals surface area contributed by atoms with Crippen LogP contribution in [0.3, 0.4) is 0 Å². The lowest BCUT2D eigenvalue weighted by Gasteiger charge is -2.29. The Morgan fingerprint density at radius 2 is 1.79 bits per heavy atom. The molecule has 28 heavy (non-hydrogen) atoms.